The van der Waals surface area contributed by atoms with Crippen molar-refractivity contribution in [2.45, 2.75) is 32.3 Å². The number of carboxylic acids is 1. The van der Waals surface area contributed by atoms with Crippen LogP contribution in [0.15, 0.2) is 77.9 Å². The summed E-state index contributed by atoms with van der Waals surface area (Å²) in [5.41, 5.74) is 3.71. The third-order valence-corrected chi connectivity index (χ3v) is 4.81. The van der Waals surface area contributed by atoms with Crippen molar-refractivity contribution in [2.75, 3.05) is 0 Å². The maximum atomic E-state index is 12.4. The van der Waals surface area contributed by atoms with Crippen LogP contribution in [0, 0.1) is 11.8 Å². The summed E-state index contributed by atoms with van der Waals surface area (Å²) >= 11 is 0. The molecule has 3 rings (SSSR count). The Balaban J connectivity index is 1.70. The molecule has 4 nitrogen and oxygen atoms in total. The van der Waals surface area contributed by atoms with Gasteiger partial charge in [0.15, 0.2) is 0 Å². The highest BCUT2D eigenvalue weighted by atomic mass is 16.5. The molecular weight excluding hydrogens is 364 g/mol. The largest absolute Gasteiger partial charge is 0.478 e. The van der Waals surface area contributed by atoms with Crippen molar-refractivity contribution in [1.29, 1.82) is 0 Å². The van der Waals surface area contributed by atoms with E-state index in [0.29, 0.717) is 5.56 Å². The molecule has 2 aromatic rings. The zero-order chi connectivity index (χ0) is 20.6. The summed E-state index contributed by atoms with van der Waals surface area (Å²) < 4.78 is 5.76. The molecular formula is C25H22O4. The number of ether oxygens (including phenoxy) is 1. The van der Waals surface area contributed by atoms with E-state index in [1.54, 1.807) is 30.3 Å². The normalized spacial score (nSPS) is 16.2. The molecule has 1 N–H and O–H groups in total. The van der Waals surface area contributed by atoms with E-state index >= 15 is 0 Å². The Labute approximate surface area is 170 Å². The fraction of sp³-hybridized carbons (Fsp3) is 0.200. The van der Waals surface area contributed by atoms with Gasteiger partial charge in [-0.05, 0) is 80.3 Å². The number of carbonyl (C=O) groups is 2. The van der Waals surface area contributed by atoms with Gasteiger partial charge in [0, 0.05) is 5.56 Å². The summed E-state index contributed by atoms with van der Waals surface area (Å²) in [7, 11) is 0. The van der Waals surface area contributed by atoms with Gasteiger partial charge >= 0.3 is 11.9 Å². The predicted octanol–water partition coefficient (Wildman–Crippen LogP) is 5.02. The summed E-state index contributed by atoms with van der Waals surface area (Å²) in [6, 6.07) is 15.4. The minimum atomic E-state index is -0.958. The van der Waals surface area contributed by atoms with E-state index in [4.69, 9.17) is 9.84 Å². The van der Waals surface area contributed by atoms with Crippen LogP contribution < -0.4 is 0 Å². The van der Waals surface area contributed by atoms with Crippen LogP contribution >= 0.6 is 0 Å². The Morgan fingerprint density at radius 2 is 1.79 bits per heavy atom. The second-order valence-electron chi connectivity index (χ2n) is 6.87. The smallest absolute Gasteiger partial charge is 0.338 e. The zero-order valence-electron chi connectivity index (χ0n) is 16.2. The monoisotopic (exact) mass is 386 g/mol. The number of aromatic carboxylic acids is 1. The van der Waals surface area contributed by atoms with E-state index in [1.807, 2.05) is 24.3 Å². The number of esters is 1. The van der Waals surface area contributed by atoms with Gasteiger partial charge < -0.3 is 9.84 Å². The molecule has 2 aromatic carbocycles. The number of allylic oxidation sites excluding steroid dienone is 2. The summed E-state index contributed by atoms with van der Waals surface area (Å²) in [5.74, 6) is 4.68. The lowest BCUT2D eigenvalue weighted by Gasteiger charge is -2.25. The lowest BCUT2D eigenvalue weighted by Crippen LogP contribution is -2.23. The molecule has 1 atom stereocenters. The second-order valence-corrected chi connectivity index (χ2v) is 6.87. The molecule has 0 fully saturated rings. The van der Waals surface area contributed by atoms with Gasteiger partial charge in [0.1, 0.15) is 6.10 Å². The summed E-state index contributed by atoms with van der Waals surface area (Å²) in [6.45, 7) is 2.06. The number of carbonyl (C=O) groups excluding carboxylic acids is 1. The van der Waals surface area contributed by atoms with Crippen LogP contribution in [0.3, 0.4) is 0 Å². The molecule has 0 aliphatic heterocycles. The van der Waals surface area contributed by atoms with E-state index in [1.165, 1.54) is 17.7 Å². The Hall–Kier alpha value is -3.58. The van der Waals surface area contributed by atoms with Crippen LogP contribution in [-0.2, 0) is 4.74 Å². The summed E-state index contributed by atoms with van der Waals surface area (Å²) in [6.07, 6.45) is 6.14. The zero-order valence-corrected chi connectivity index (χ0v) is 16.2. The molecule has 1 unspecified atom stereocenters. The predicted molar refractivity (Wildman–Crippen MR) is 112 cm³/mol. The summed E-state index contributed by atoms with van der Waals surface area (Å²) in [4.78, 5) is 23.3. The SMILES string of the molecule is CC1=C(/C=C/C#Cc2ccc(C(=O)O)cc2)C(OC(=O)c2ccccc2)CCC1. The molecule has 146 valence electrons. The maximum Gasteiger partial charge on any atom is 0.338 e. The highest BCUT2D eigenvalue weighted by molar-refractivity contribution is 5.89. The molecule has 0 aromatic heterocycles. The second kappa shape index (κ2) is 9.57. The number of benzene rings is 2. The number of rotatable bonds is 4. The van der Waals surface area contributed by atoms with Crippen LogP contribution in [0.4, 0.5) is 0 Å². The average molecular weight is 386 g/mol. The Morgan fingerprint density at radius 3 is 2.48 bits per heavy atom. The first-order valence-electron chi connectivity index (χ1n) is 9.51. The van der Waals surface area contributed by atoms with Crippen molar-refractivity contribution < 1.29 is 19.4 Å². The van der Waals surface area contributed by atoms with Gasteiger partial charge in [-0.3, -0.25) is 0 Å². The molecule has 0 spiro atoms. The number of hydrogen-bond acceptors (Lipinski definition) is 3. The number of carboxylic acid groups (broad SMARTS) is 1. The third-order valence-electron chi connectivity index (χ3n) is 4.81. The van der Waals surface area contributed by atoms with Crippen molar-refractivity contribution >= 4 is 11.9 Å². The standard InChI is InChI=1S/C25H22O4/c1-18-8-7-13-23(29-25(28)21-10-3-2-4-11-21)22(18)12-6-5-9-19-14-16-20(17-15-19)24(26)27/h2-4,6,10-12,14-17,23H,7-8,13H2,1H3,(H,26,27)/b12-6+. The van der Waals surface area contributed by atoms with Crippen LogP contribution in [0.2, 0.25) is 0 Å². The van der Waals surface area contributed by atoms with E-state index in [-0.39, 0.29) is 17.6 Å². The van der Waals surface area contributed by atoms with Crippen molar-refractivity contribution in [1.82, 2.24) is 0 Å². The quantitative estimate of drug-likeness (QED) is 0.592. The van der Waals surface area contributed by atoms with Crippen molar-refractivity contribution in [3.05, 3.63) is 94.6 Å². The van der Waals surface area contributed by atoms with Gasteiger partial charge in [-0.25, -0.2) is 9.59 Å². The van der Waals surface area contributed by atoms with Gasteiger partial charge in [-0.15, -0.1) is 0 Å². The molecule has 0 radical (unpaired) electrons. The summed E-state index contributed by atoms with van der Waals surface area (Å²) in [5, 5.41) is 8.93. The van der Waals surface area contributed by atoms with Crippen LogP contribution in [0.25, 0.3) is 0 Å². The molecule has 0 saturated carbocycles. The molecule has 4 heteroatoms. The van der Waals surface area contributed by atoms with Crippen LogP contribution in [0.5, 0.6) is 0 Å². The molecule has 29 heavy (non-hydrogen) atoms. The molecule has 0 bridgehead atoms. The van der Waals surface area contributed by atoms with Gasteiger partial charge in [-0.2, -0.15) is 0 Å². The molecule has 0 amide bonds. The van der Waals surface area contributed by atoms with Crippen LogP contribution in [0.1, 0.15) is 52.5 Å². The topological polar surface area (TPSA) is 63.6 Å². The lowest BCUT2D eigenvalue weighted by molar-refractivity contribution is 0.0349. The average Bonchev–Trinajstić information content (AvgIpc) is 2.73. The van der Waals surface area contributed by atoms with E-state index in [2.05, 4.69) is 18.8 Å². The maximum absolute atomic E-state index is 12.4. The molecule has 0 heterocycles. The highest BCUT2D eigenvalue weighted by Gasteiger charge is 2.23. The van der Waals surface area contributed by atoms with Gasteiger partial charge in [0.25, 0.3) is 0 Å². The minimum Gasteiger partial charge on any atom is -0.478 e. The lowest BCUT2D eigenvalue weighted by atomic mass is 9.90. The Kier molecular flexibility index (Phi) is 6.65. The van der Waals surface area contributed by atoms with E-state index in [0.717, 1.165) is 30.4 Å². The fourth-order valence-electron chi connectivity index (χ4n) is 3.22. The Morgan fingerprint density at radius 1 is 1.07 bits per heavy atom. The van der Waals surface area contributed by atoms with Crippen molar-refractivity contribution in [3.8, 4) is 11.8 Å². The van der Waals surface area contributed by atoms with Crippen LogP contribution in [-0.4, -0.2) is 23.1 Å². The highest BCUT2D eigenvalue weighted by Crippen LogP contribution is 2.28. The molecule has 0 saturated heterocycles. The third kappa shape index (κ3) is 5.46. The van der Waals surface area contributed by atoms with E-state index < -0.39 is 5.97 Å². The van der Waals surface area contributed by atoms with Crippen molar-refractivity contribution in [3.63, 3.8) is 0 Å². The molecule has 1 aliphatic carbocycles. The Bertz CT molecular complexity index is 1000. The molecule has 1 aliphatic rings. The fourth-order valence-corrected chi connectivity index (χ4v) is 3.22. The van der Waals surface area contributed by atoms with Gasteiger partial charge in [0.2, 0.25) is 0 Å². The van der Waals surface area contributed by atoms with E-state index in [9.17, 15) is 9.59 Å². The first-order chi connectivity index (χ1) is 14.0. The van der Waals surface area contributed by atoms with Gasteiger partial charge in [0.05, 0.1) is 11.1 Å². The van der Waals surface area contributed by atoms with Gasteiger partial charge in [-0.1, -0.05) is 35.6 Å². The number of hydrogen-bond donors (Lipinski definition) is 1. The first kappa shape index (κ1) is 20.2. The minimum absolute atomic E-state index is 0.233. The first-order valence-corrected chi connectivity index (χ1v) is 9.51. The van der Waals surface area contributed by atoms with Crippen molar-refractivity contribution in [2.24, 2.45) is 0 Å².